The molecule has 3 heteroatoms. The highest BCUT2D eigenvalue weighted by molar-refractivity contribution is 4.67. The first-order valence-electron chi connectivity index (χ1n) is 6.78. The minimum Gasteiger partial charge on any atom is -0.390 e. The van der Waals surface area contributed by atoms with Crippen LogP contribution >= 0.6 is 0 Å². The lowest BCUT2D eigenvalue weighted by atomic mass is 10.0. The topological polar surface area (TPSA) is 35.5 Å². The van der Waals surface area contributed by atoms with Crippen molar-refractivity contribution in [1.82, 2.24) is 10.2 Å². The van der Waals surface area contributed by atoms with E-state index < -0.39 is 0 Å². The average molecular weight is 230 g/mol. The number of rotatable bonds is 10. The van der Waals surface area contributed by atoms with E-state index in [2.05, 4.69) is 37.9 Å². The smallest absolute Gasteiger partial charge is 0.0791 e. The minimum atomic E-state index is -0.241. The average Bonchev–Trinajstić information content (AvgIpc) is 2.31. The maximum absolute atomic E-state index is 9.84. The van der Waals surface area contributed by atoms with Crippen LogP contribution in [0.15, 0.2) is 0 Å². The summed E-state index contributed by atoms with van der Waals surface area (Å²) in [5, 5.41) is 13.2. The second-order valence-electron chi connectivity index (χ2n) is 4.48. The molecule has 0 spiro atoms. The molecule has 0 aliphatic heterocycles. The summed E-state index contributed by atoms with van der Waals surface area (Å²) < 4.78 is 0. The molecule has 0 bridgehead atoms. The Labute approximate surface area is 101 Å². The Kier molecular flexibility index (Phi) is 9.99. The molecule has 0 aromatic rings. The number of hydrogen-bond acceptors (Lipinski definition) is 3. The lowest BCUT2D eigenvalue weighted by Crippen LogP contribution is -2.39. The van der Waals surface area contributed by atoms with Crippen LogP contribution in [0, 0.1) is 5.92 Å². The first-order chi connectivity index (χ1) is 7.67. The molecule has 0 fully saturated rings. The van der Waals surface area contributed by atoms with Gasteiger partial charge in [-0.15, -0.1) is 0 Å². The Hall–Kier alpha value is -0.120. The predicted octanol–water partition coefficient (Wildman–Crippen LogP) is 1.71. The van der Waals surface area contributed by atoms with Crippen LogP contribution in [0.3, 0.4) is 0 Å². The summed E-state index contributed by atoms with van der Waals surface area (Å²) in [7, 11) is 0. The van der Waals surface area contributed by atoms with Crippen molar-refractivity contribution < 1.29 is 5.11 Å². The van der Waals surface area contributed by atoms with Gasteiger partial charge in [0.25, 0.3) is 0 Å². The van der Waals surface area contributed by atoms with E-state index in [1.54, 1.807) is 0 Å². The third kappa shape index (κ3) is 7.20. The van der Waals surface area contributed by atoms with E-state index in [-0.39, 0.29) is 6.10 Å². The zero-order valence-electron chi connectivity index (χ0n) is 11.5. The molecule has 98 valence electrons. The van der Waals surface area contributed by atoms with Gasteiger partial charge < -0.3 is 15.3 Å². The highest BCUT2D eigenvalue weighted by Crippen LogP contribution is 2.04. The number of aliphatic hydroxyl groups is 1. The van der Waals surface area contributed by atoms with Crippen LogP contribution in [-0.2, 0) is 0 Å². The van der Waals surface area contributed by atoms with Gasteiger partial charge in [0.05, 0.1) is 6.10 Å². The fourth-order valence-corrected chi connectivity index (χ4v) is 1.88. The molecule has 0 heterocycles. The van der Waals surface area contributed by atoms with Crippen molar-refractivity contribution in [1.29, 1.82) is 0 Å². The zero-order chi connectivity index (χ0) is 12.4. The van der Waals surface area contributed by atoms with Gasteiger partial charge in [0.2, 0.25) is 0 Å². The summed E-state index contributed by atoms with van der Waals surface area (Å²) in [5.41, 5.74) is 0. The molecule has 0 aromatic heterocycles. The molecule has 1 unspecified atom stereocenters. The van der Waals surface area contributed by atoms with Crippen LogP contribution in [0.5, 0.6) is 0 Å². The molecule has 16 heavy (non-hydrogen) atoms. The predicted molar refractivity (Wildman–Crippen MR) is 70.7 cm³/mol. The van der Waals surface area contributed by atoms with E-state index in [1.165, 1.54) is 12.8 Å². The van der Waals surface area contributed by atoms with Gasteiger partial charge in [0.1, 0.15) is 0 Å². The Balaban J connectivity index is 3.60. The van der Waals surface area contributed by atoms with Gasteiger partial charge in [-0.2, -0.15) is 0 Å². The summed E-state index contributed by atoms with van der Waals surface area (Å²) >= 11 is 0. The van der Waals surface area contributed by atoms with Gasteiger partial charge in [-0.25, -0.2) is 0 Å². The largest absolute Gasteiger partial charge is 0.390 e. The molecule has 0 rings (SSSR count). The molecule has 0 saturated heterocycles. The Morgan fingerprint density at radius 3 is 2.00 bits per heavy atom. The van der Waals surface area contributed by atoms with Crippen molar-refractivity contribution in [3.8, 4) is 0 Å². The molecule has 3 nitrogen and oxygen atoms in total. The Morgan fingerprint density at radius 1 is 1.00 bits per heavy atom. The van der Waals surface area contributed by atoms with E-state index in [0.29, 0.717) is 6.54 Å². The third-order valence-corrected chi connectivity index (χ3v) is 3.33. The van der Waals surface area contributed by atoms with Crippen molar-refractivity contribution in [2.45, 2.75) is 46.6 Å². The molecule has 0 amide bonds. The maximum atomic E-state index is 9.84. The summed E-state index contributed by atoms with van der Waals surface area (Å²) in [6.07, 6.45) is 2.19. The normalized spacial score (nSPS) is 13.7. The van der Waals surface area contributed by atoms with E-state index >= 15 is 0 Å². The lowest BCUT2D eigenvalue weighted by molar-refractivity contribution is 0.115. The van der Waals surface area contributed by atoms with Gasteiger partial charge in [-0.1, -0.05) is 40.5 Å². The molecule has 0 aromatic carbocycles. The standard InChI is InChI=1S/C13H30N2O/c1-5-12(6-2)9-14-10-13(16)11-15(7-3)8-4/h12-14,16H,5-11H2,1-4H3. The van der Waals surface area contributed by atoms with E-state index in [1.807, 2.05) is 0 Å². The van der Waals surface area contributed by atoms with Gasteiger partial charge in [0, 0.05) is 13.1 Å². The summed E-state index contributed by atoms with van der Waals surface area (Å²) in [5.74, 6) is 0.751. The fraction of sp³-hybridized carbons (Fsp3) is 1.00. The van der Waals surface area contributed by atoms with Crippen molar-refractivity contribution in [2.75, 3.05) is 32.7 Å². The third-order valence-electron chi connectivity index (χ3n) is 3.33. The van der Waals surface area contributed by atoms with Crippen LogP contribution in [0.1, 0.15) is 40.5 Å². The summed E-state index contributed by atoms with van der Waals surface area (Å²) in [6, 6.07) is 0. The highest BCUT2D eigenvalue weighted by Gasteiger charge is 2.09. The first-order valence-corrected chi connectivity index (χ1v) is 6.78. The molecule has 0 aliphatic rings. The Morgan fingerprint density at radius 2 is 1.56 bits per heavy atom. The van der Waals surface area contributed by atoms with E-state index in [4.69, 9.17) is 0 Å². The monoisotopic (exact) mass is 230 g/mol. The van der Waals surface area contributed by atoms with Gasteiger partial charge in [-0.05, 0) is 25.6 Å². The van der Waals surface area contributed by atoms with Crippen molar-refractivity contribution in [2.24, 2.45) is 5.92 Å². The fourth-order valence-electron chi connectivity index (χ4n) is 1.88. The van der Waals surface area contributed by atoms with Gasteiger partial charge in [0.15, 0.2) is 0 Å². The summed E-state index contributed by atoms with van der Waals surface area (Å²) in [4.78, 5) is 2.25. The number of hydrogen-bond donors (Lipinski definition) is 2. The van der Waals surface area contributed by atoms with Gasteiger partial charge in [-0.3, -0.25) is 0 Å². The molecule has 0 saturated carbocycles. The second-order valence-corrected chi connectivity index (χ2v) is 4.48. The van der Waals surface area contributed by atoms with Crippen LogP contribution in [-0.4, -0.2) is 48.8 Å². The molecule has 0 aliphatic carbocycles. The maximum Gasteiger partial charge on any atom is 0.0791 e. The molecule has 1 atom stereocenters. The lowest BCUT2D eigenvalue weighted by Gasteiger charge is -2.22. The number of likely N-dealkylation sites (N-methyl/N-ethyl adjacent to an activating group) is 1. The van der Waals surface area contributed by atoms with Crippen LogP contribution in [0.2, 0.25) is 0 Å². The first kappa shape index (κ1) is 15.9. The Bertz CT molecular complexity index is 145. The molecular formula is C13H30N2O. The minimum absolute atomic E-state index is 0.241. The second kappa shape index (κ2) is 10.1. The number of aliphatic hydroxyl groups excluding tert-OH is 1. The van der Waals surface area contributed by atoms with Crippen molar-refractivity contribution in [3.05, 3.63) is 0 Å². The van der Waals surface area contributed by atoms with Crippen LogP contribution in [0.25, 0.3) is 0 Å². The molecule has 0 radical (unpaired) electrons. The van der Waals surface area contributed by atoms with Crippen LogP contribution in [0.4, 0.5) is 0 Å². The van der Waals surface area contributed by atoms with Crippen molar-refractivity contribution in [3.63, 3.8) is 0 Å². The number of nitrogens with zero attached hydrogens (tertiary/aromatic N) is 1. The van der Waals surface area contributed by atoms with E-state index in [0.717, 1.165) is 32.1 Å². The van der Waals surface area contributed by atoms with Gasteiger partial charge >= 0.3 is 0 Å². The highest BCUT2D eigenvalue weighted by atomic mass is 16.3. The van der Waals surface area contributed by atoms with Crippen molar-refractivity contribution >= 4 is 0 Å². The zero-order valence-corrected chi connectivity index (χ0v) is 11.5. The van der Waals surface area contributed by atoms with E-state index in [9.17, 15) is 5.11 Å². The number of nitrogens with one attached hydrogen (secondary N) is 1. The SMILES string of the molecule is CCC(CC)CNCC(O)CN(CC)CC. The molecule has 2 N–H and O–H groups in total. The molecular weight excluding hydrogens is 200 g/mol. The summed E-state index contributed by atoms with van der Waals surface area (Å²) in [6.45, 7) is 13.3. The quantitative estimate of drug-likeness (QED) is 0.600. The van der Waals surface area contributed by atoms with Crippen LogP contribution < -0.4 is 5.32 Å².